The van der Waals surface area contributed by atoms with Gasteiger partial charge in [0.05, 0.1) is 19.9 Å². The molecular weight excluding hydrogens is 354 g/mol. The van der Waals surface area contributed by atoms with Crippen molar-refractivity contribution in [3.05, 3.63) is 26.3 Å². The molecular formula is C14H18BrN3S2. The quantitative estimate of drug-likeness (QED) is 0.889. The minimum absolute atomic E-state index is 0.0134. The molecule has 1 aliphatic heterocycles. The fourth-order valence-corrected chi connectivity index (χ4v) is 4.87. The molecule has 1 aliphatic rings. The van der Waals surface area contributed by atoms with E-state index in [0.717, 1.165) is 35.7 Å². The topological polar surface area (TPSA) is 28.2 Å². The number of nitrogens with zero attached hydrogens (tertiary/aromatic N) is 2. The van der Waals surface area contributed by atoms with Crippen LogP contribution in [0.1, 0.15) is 18.9 Å². The standard InChI is InChI=1S/C14H18BrN3S2/c1-14(2,18-7-5-16-6-8-18)13-17-10(9-19-13)11-3-4-12(15)20-11/h3-4,9,16H,5-8H2,1-2H3. The maximum Gasteiger partial charge on any atom is 0.113 e. The Morgan fingerprint density at radius 1 is 1.30 bits per heavy atom. The molecule has 0 atom stereocenters. The van der Waals surface area contributed by atoms with E-state index in [1.165, 1.54) is 9.88 Å². The van der Waals surface area contributed by atoms with Crippen molar-refractivity contribution in [2.75, 3.05) is 26.2 Å². The molecule has 3 rings (SSSR count). The first-order valence-corrected chi connectivity index (χ1v) is 9.24. The van der Waals surface area contributed by atoms with E-state index in [1.807, 2.05) is 0 Å². The highest BCUT2D eigenvalue weighted by molar-refractivity contribution is 9.11. The van der Waals surface area contributed by atoms with E-state index in [2.05, 4.69) is 57.5 Å². The molecule has 0 saturated carbocycles. The lowest BCUT2D eigenvalue weighted by Crippen LogP contribution is -2.51. The Morgan fingerprint density at radius 2 is 2.05 bits per heavy atom. The lowest BCUT2D eigenvalue weighted by molar-refractivity contribution is 0.102. The van der Waals surface area contributed by atoms with Crippen LogP contribution < -0.4 is 5.32 Å². The Balaban J connectivity index is 1.85. The molecule has 1 N–H and O–H groups in total. The van der Waals surface area contributed by atoms with Gasteiger partial charge in [-0.3, -0.25) is 4.90 Å². The molecule has 0 unspecified atom stereocenters. The molecule has 0 radical (unpaired) electrons. The molecule has 1 fully saturated rings. The second-order valence-corrected chi connectivity index (χ2v) is 8.76. The smallest absolute Gasteiger partial charge is 0.113 e. The maximum absolute atomic E-state index is 4.89. The van der Waals surface area contributed by atoms with Crippen LogP contribution in [0, 0.1) is 0 Å². The number of halogens is 1. The summed E-state index contributed by atoms with van der Waals surface area (Å²) >= 11 is 7.03. The van der Waals surface area contributed by atoms with Gasteiger partial charge in [-0.25, -0.2) is 4.98 Å². The first kappa shape index (κ1) is 14.7. The number of thiazole rings is 1. The van der Waals surface area contributed by atoms with Gasteiger partial charge in [-0.15, -0.1) is 22.7 Å². The Kier molecular flexibility index (Phi) is 4.29. The molecule has 0 bridgehead atoms. The minimum Gasteiger partial charge on any atom is -0.314 e. The van der Waals surface area contributed by atoms with Crippen LogP contribution in [0.25, 0.3) is 10.6 Å². The molecule has 20 heavy (non-hydrogen) atoms. The molecule has 2 aromatic rings. The second-order valence-electron chi connectivity index (χ2n) is 5.44. The number of thiophene rings is 1. The normalized spacial score (nSPS) is 17.6. The lowest BCUT2D eigenvalue weighted by atomic mass is 10.0. The van der Waals surface area contributed by atoms with Crippen LogP contribution >= 0.6 is 38.6 Å². The third kappa shape index (κ3) is 2.85. The van der Waals surface area contributed by atoms with Gasteiger partial charge < -0.3 is 5.32 Å². The Bertz CT molecular complexity index is 585. The van der Waals surface area contributed by atoms with E-state index < -0.39 is 0 Å². The van der Waals surface area contributed by atoms with Crippen molar-refractivity contribution >= 4 is 38.6 Å². The van der Waals surface area contributed by atoms with E-state index in [1.54, 1.807) is 22.7 Å². The van der Waals surface area contributed by atoms with E-state index >= 15 is 0 Å². The van der Waals surface area contributed by atoms with Crippen LogP contribution in [0.4, 0.5) is 0 Å². The summed E-state index contributed by atoms with van der Waals surface area (Å²) in [5, 5.41) is 6.80. The summed E-state index contributed by atoms with van der Waals surface area (Å²) in [5.74, 6) is 0. The van der Waals surface area contributed by atoms with Gasteiger partial charge in [0.1, 0.15) is 5.01 Å². The van der Waals surface area contributed by atoms with Crippen molar-refractivity contribution in [3.8, 4) is 10.6 Å². The number of nitrogens with one attached hydrogen (secondary N) is 1. The van der Waals surface area contributed by atoms with Crippen molar-refractivity contribution < 1.29 is 0 Å². The third-order valence-corrected chi connectivity index (χ3v) is 6.56. The van der Waals surface area contributed by atoms with E-state index in [4.69, 9.17) is 4.98 Å². The summed E-state index contributed by atoms with van der Waals surface area (Å²) in [5.41, 5.74) is 1.11. The van der Waals surface area contributed by atoms with Gasteiger partial charge in [0.25, 0.3) is 0 Å². The summed E-state index contributed by atoms with van der Waals surface area (Å²) in [6, 6.07) is 4.21. The summed E-state index contributed by atoms with van der Waals surface area (Å²) in [6.07, 6.45) is 0. The van der Waals surface area contributed by atoms with E-state index in [9.17, 15) is 0 Å². The first-order chi connectivity index (χ1) is 9.57. The van der Waals surface area contributed by atoms with Crippen LogP contribution in [0.2, 0.25) is 0 Å². The number of rotatable bonds is 3. The van der Waals surface area contributed by atoms with Crippen molar-refractivity contribution in [2.45, 2.75) is 19.4 Å². The molecule has 1 saturated heterocycles. The fourth-order valence-electron chi connectivity index (χ4n) is 2.48. The van der Waals surface area contributed by atoms with E-state index in [-0.39, 0.29) is 5.54 Å². The number of aromatic nitrogens is 1. The van der Waals surface area contributed by atoms with Gasteiger partial charge in [-0.2, -0.15) is 0 Å². The zero-order chi connectivity index (χ0) is 14.2. The zero-order valence-corrected chi connectivity index (χ0v) is 14.9. The predicted molar refractivity (Wildman–Crippen MR) is 90.6 cm³/mol. The highest BCUT2D eigenvalue weighted by Crippen LogP contribution is 2.36. The van der Waals surface area contributed by atoms with Crippen LogP contribution in [-0.2, 0) is 5.54 Å². The molecule has 108 valence electrons. The SMILES string of the molecule is CC(C)(c1nc(-c2ccc(Br)s2)cs1)N1CCNCC1. The molecule has 3 heterocycles. The van der Waals surface area contributed by atoms with Gasteiger partial charge in [-0.1, -0.05) is 0 Å². The molecule has 0 aromatic carbocycles. The van der Waals surface area contributed by atoms with E-state index in [0.29, 0.717) is 0 Å². The largest absolute Gasteiger partial charge is 0.314 e. The zero-order valence-electron chi connectivity index (χ0n) is 11.6. The summed E-state index contributed by atoms with van der Waals surface area (Å²) in [4.78, 5) is 8.64. The lowest BCUT2D eigenvalue weighted by Gasteiger charge is -2.39. The predicted octanol–water partition coefficient (Wildman–Crippen LogP) is 3.77. The molecule has 3 nitrogen and oxygen atoms in total. The maximum atomic E-state index is 4.89. The Morgan fingerprint density at radius 3 is 2.70 bits per heavy atom. The summed E-state index contributed by atoms with van der Waals surface area (Å²) < 4.78 is 1.16. The third-order valence-electron chi connectivity index (χ3n) is 3.76. The highest BCUT2D eigenvalue weighted by atomic mass is 79.9. The molecule has 0 spiro atoms. The van der Waals surface area contributed by atoms with Gasteiger partial charge in [0, 0.05) is 31.6 Å². The van der Waals surface area contributed by atoms with Crippen LogP contribution in [0.15, 0.2) is 21.3 Å². The number of hydrogen-bond donors (Lipinski definition) is 1. The van der Waals surface area contributed by atoms with Gasteiger partial charge in [0.15, 0.2) is 0 Å². The van der Waals surface area contributed by atoms with Crippen molar-refractivity contribution in [3.63, 3.8) is 0 Å². The summed E-state index contributed by atoms with van der Waals surface area (Å²) in [7, 11) is 0. The first-order valence-electron chi connectivity index (χ1n) is 6.75. The number of piperazine rings is 1. The summed E-state index contributed by atoms with van der Waals surface area (Å²) in [6.45, 7) is 8.88. The molecule has 0 amide bonds. The van der Waals surface area contributed by atoms with Gasteiger partial charge in [0.2, 0.25) is 0 Å². The number of hydrogen-bond acceptors (Lipinski definition) is 5. The van der Waals surface area contributed by atoms with Crippen molar-refractivity contribution in [2.24, 2.45) is 0 Å². The van der Waals surface area contributed by atoms with Crippen LogP contribution in [0.3, 0.4) is 0 Å². The Hall–Kier alpha value is -0.270. The van der Waals surface area contributed by atoms with Gasteiger partial charge in [-0.05, 0) is 41.9 Å². The molecule has 2 aromatic heterocycles. The average Bonchev–Trinajstić information content (AvgIpc) is 3.08. The van der Waals surface area contributed by atoms with Crippen molar-refractivity contribution in [1.29, 1.82) is 0 Å². The minimum atomic E-state index is 0.0134. The highest BCUT2D eigenvalue weighted by Gasteiger charge is 2.32. The monoisotopic (exact) mass is 371 g/mol. The molecule has 6 heteroatoms. The van der Waals surface area contributed by atoms with Crippen LogP contribution in [-0.4, -0.2) is 36.1 Å². The Labute approximate surface area is 136 Å². The van der Waals surface area contributed by atoms with Crippen LogP contribution in [0.5, 0.6) is 0 Å². The second kappa shape index (κ2) is 5.85. The van der Waals surface area contributed by atoms with Gasteiger partial charge >= 0.3 is 0 Å². The molecule has 0 aliphatic carbocycles. The van der Waals surface area contributed by atoms with Crippen molar-refractivity contribution in [1.82, 2.24) is 15.2 Å². The average molecular weight is 372 g/mol. The fraction of sp³-hybridized carbons (Fsp3) is 0.500.